The third kappa shape index (κ3) is 5.51. The molecule has 0 aromatic heterocycles. The molecule has 0 unspecified atom stereocenters. The lowest BCUT2D eigenvalue weighted by Gasteiger charge is -2.49. The Bertz CT molecular complexity index is 1640. The van der Waals surface area contributed by atoms with Gasteiger partial charge in [0, 0.05) is 53.9 Å². The fourth-order valence-electron chi connectivity index (χ4n) is 6.73. The van der Waals surface area contributed by atoms with Gasteiger partial charge in [-0.2, -0.15) is 0 Å². The first kappa shape index (κ1) is 31.4. The van der Waals surface area contributed by atoms with E-state index in [0.717, 1.165) is 29.6 Å². The van der Waals surface area contributed by atoms with Crippen LogP contribution in [0.5, 0.6) is 17.2 Å². The van der Waals surface area contributed by atoms with Crippen LogP contribution < -0.4 is 9.47 Å². The molecule has 0 atom stereocenters. The maximum absolute atomic E-state index is 13.9. The highest BCUT2D eigenvalue weighted by molar-refractivity contribution is 9.10. The smallest absolute Gasteiger partial charge is 0.318 e. The third-order valence-corrected chi connectivity index (χ3v) is 9.07. The van der Waals surface area contributed by atoms with Crippen LogP contribution in [0.2, 0.25) is 0 Å². The minimum Gasteiger partial charge on any atom is -0.493 e. The third-order valence-electron chi connectivity index (χ3n) is 8.49. The molecule has 0 spiro atoms. The van der Waals surface area contributed by atoms with Crippen molar-refractivity contribution in [1.82, 2.24) is 4.90 Å². The van der Waals surface area contributed by atoms with Crippen LogP contribution in [0.15, 0.2) is 57.3 Å². The number of non-ortho nitro benzene ring substituents is 1. The first-order chi connectivity index (χ1) is 20.6. The lowest BCUT2D eigenvalue weighted by Crippen LogP contribution is -2.44. The summed E-state index contributed by atoms with van der Waals surface area (Å²) < 4.78 is 12.0. The molecule has 3 aliphatic rings. The van der Waals surface area contributed by atoms with E-state index in [2.05, 4.69) is 48.5 Å². The van der Waals surface area contributed by atoms with Gasteiger partial charge in [-0.3, -0.25) is 29.8 Å². The van der Waals surface area contributed by atoms with Crippen LogP contribution in [-0.4, -0.2) is 40.0 Å². The number of ether oxygens (including phenoxy) is 2. The average molecular weight is 669 g/mol. The number of ketones is 2. The fraction of sp³-hybridized carbons (Fsp3) is 0.438. The summed E-state index contributed by atoms with van der Waals surface area (Å²) in [6.45, 7) is 11.0. The van der Waals surface area contributed by atoms with E-state index in [0.29, 0.717) is 53.4 Å². The highest BCUT2D eigenvalue weighted by Crippen LogP contribution is 2.55. The molecule has 0 bridgehead atoms. The number of halogens is 1. The Labute approximate surface area is 263 Å². The standard InChI is InChI=1S/C32H34BrN3O8/c1-7-34-21-13-31(2,3)15-23(37)28(21)27(29-22(34)14-32(4,5)16-24(29)38)17-10-19(33)30(26(11-17)43-6)44-25-9-8-18(35(39)40)12-20(25)36(41)42/h8-12,27H,7,13-16H2,1-6H3. The SMILES string of the molecule is CCN1C2=C(C(=O)CC(C)(C)C2)C(c2cc(Br)c(Oc3ccc([N+](=O)[O-])cc3[N+](=O)[O-])c(OC)c2)C2=C1CC(C)(C)CC2=O. The second kappa shape index (κ2) is 11.1. The molecule has 44 heavy (non-hydrogen) atoms. The van der Waals surface area contributed by atoms with Crippen LogP contribution in [0.1, 0.15) is 71.8 Å². The van der Waals surface area contributed by atoms with E-state index in [1.165, 1.54) is 7.11 Å². The Morgan fingerprint density at radius 1 is 0.886 bits per heavy atom. The molecule has 12 heteroatoms. The summed E-state index contributed by atoms with van der Waals surface area (Å²) in [5.74, 6) is -0.524. The van der Waals surface area contributed by atoms with E-state index in [4.69, 9.17) is 9.47 Å². The summed E-state index contributed by atoms with van der Waals surface area (Å²) in [5, 5.41) is 22.9. The summed E-state index contributed by atoms with van der Waals surface area (Å²) in [6, 6.07) is 6.55. The molecule has 232 valence electrons. The second-order valence-electron chi connectivity index (χ2n) is 13.1. The number of allylic oxidation sites excluding steroid dienone is 4. The van der Waals surface area contributed by atoms with Crippen molar-refractivity contribution in [3.8, 4) is 17.2 Å². The van der Waals surface area contributed by atoms with E-state index in [9.17, 15) is 29.8 Å². The highest BCUT2D eigenvalue weighted by atomic mass is 79.9. The van der Waals surface area contributed by atoms with E-state index in [-0.39, 0.29) is 39.6 Å². The summed E-state index contributed by atoms with van der Waals surface area (Å²) in [6.07, 6.45) is 2.08. The predicted octanol–water partition coefficient (Wildman–Crippen LogP) is 7.77. The van der Waals surface area contributed by atoms with Crippen LogP contribution >= 0.6 is 15.9 Å². The van der Waals surface area contributed by atoms with Crippen molar-refractivity contribution < 1.29 is 28.9 Å². The van der Waals surface area contributed by atoms with Crippen molar-refractivity contribution in [3.05, 3.63) is 83.1 Å². The van der Waals surface area contributed by atoms with Gasteiger partial charge in [0.25, 0.3) is 5.69 Å². The Morgan fingerprint density at radius 3 is 1.93 bits per heavy atom. The van der Waals surface area contributed by atoms with Crippen molar-refractivity contribution in [2.45, 2.75) is 66.2 Å². The van der Waals surface area contributed by atoms with E-state index in [1.807, 2.05) is 6.92 Å². The number of benzene rings is 2. The Morgan fingerprint density at radius 2 is 1.45 bits per heavy atom. The number of carbonyl (C=O) groups is 2. The number of nitrogens with zero attached hydrogens (tertiary/aromatic N) is 3. The minimum atomic E-state index is -0.757. The Balaban J connectivity index is 1.69. The van der Waals surface area contributed by atoms with E-state index in [1.54, 1.807) is 12.1 Å². The zero-order valence-electron chi connectivity index (χ0n) is 25.5. The van der Waals surface area contributed by atoms with E-state index >= 15 is 0 Å². The largest absolute Gasteiger partial charge is 0.493 e. The molecule has 2 aliphatic carbocycles. The van der Waals surface area contributed by atoms with Gasteiger partial charge in [0.1, 0.15) is 0 Å². The number of hydrogen-bond acceptors (Lipinski definition) is 9. The van der Waals surface area contributed by atoms with Crippen LogP contribution in [0, 0.1) is 31.1 Å². The molecular weight excluding hydrogens is 634 g/mol. The van der Waals surface area contributed by atoms with Crippen molar-refractivity contribution in [2.24, 2.45) is 10.8 Å². The molecular formula is C32H34BrN3O8. The van der Waals surface area contributed by atoms with Crippen LogP contribution in [0.3, 0.4) is 0 Å². The summed E-state index contributed by atoms with van der Waals surface area (Å²) in [5.41, 5.74) is 2.26. The molecule has 5 rings (SSSR count). The lowest BCUT2D eigenvalue weighted by molar-refractivity contribution is -0.394. The van der Waals surface area contributed by atoms with Gasteiger partial charge in [-0.1, -0.05) is 27.7 Å². The quantitative estimate of drug-likeness (QED) is 0.214. The van der Waals surface area contributed by atoms with Gasteiger partial charge in [-0.25, -0.2) is 0 Å². The molecule has 2 aromatic rings. The van der Waals surface area contributed by atoms with Crippen LogP contribution in [0.25, 0.3) is 0 Å². The topological polar surface area (TPSA) is 142 Å². The summed E-state index contributed by atoms with van der Waals surface area (Å²) in [7, 11) is 1.42. The van der Waals surface area contributed by atoms with Gasteiger partial charge in [0.2, 0.25) is 5.75 Å². The monoisotopic (exact) mass is 667 g/mol. The number of hydrogen-bond donors (Lipinski definition) is 0. The zero-order valence-corrected chi connectivity index (χ0v) is 27.1. The van der Waals surface area contributed by atoms with Crippen molar-refractivity contribution >= 4 is 38.9 Å². The molecule has 2 aromatic carbocycles. The average Bonchev–Trinajstić information content (AvgIpc) is 2.91. The molecule has 1 heterocycles. The number of methoxy groups -OCH3 is 1. The Kier molecular flexibility index (Phi) is 7.94. The second-order valence-corrected chi connectivity index (χ2v) is 13.9. The molecule has 1 aliphatic heterocycles. The van der Waals surface area contributed by atoms with Gasteiger partial charge in [0.15, 0.2) is 23.1 Å². The van der Waals surface area contributed by atoms with Gasteiger partial charge in [-0.15, -0.1) is 0 Å². The van der Waals surface area contributed by atoms with E-state index < -0.39 is 27.1 Å². The van der Waals surface area contributed by atoms with Crippen molar-refractivity contribution in [1.29, 1.82) is 0 Å². The fourth-order valence-corrected chi connectivity index (χ4v) is 7.27. The molecule has 11 nitrogen and oxygen atoms in total. The molecule has 0 fully saturated rings. The molecule has 0 radical (unpaired) electrons. The maximum atomic E-state index is 13.9. The van der Waals surface area contributed by atoms with Gasteiger partial charge in [0.05, 0.1) is 27.5 Å². The van der Waals surface area contributed by atoms with Crippen molar-refractivity contribution in [3.63, 3.8) is 0 Å². The van der Waals surface area contributed by atoms with Gasteiger partial charge < -0.3 is 14.4 Å². The number of nitro groups is 2. The molecule has 0 amide bonds. The van der Waals surface area contributed by atoms with Gasteiger partial charge in [-0.05, 0) is 70.3 Å². The lowest BCUT2D eigenvalue weighted by atomic mass is 9.63. The van der Waals surface area contributed by atoms with Crippen LogP contribution in [-0.2, 0) is 9.59 Å². The maximum Gasteiger partial charge on any atom is 0.318 e. The van der Waals surface area contributed by atoms with Crippen molar-refractivity contribution in [2.75, 3.05) is 13.7 Å². The molecule has 0 N–H and O–H groups in total. The Hall–Kier alpha value is -4.06. The minimum absolute atomic E-state index is 0.000745. The summed E-state index contributed by atoms with van der Waals surface area (Å²) in [4.78, 5) is 51.5. The zero-order chi connectivity index (χ0) is 32.3. The first-order valence-corrected chi connectivity index (χ1v) is 15.1. The number of rotatable bonds is 7. The normalized spacial score (nSPS) is 19.5. The molecule has 0 saturated carbocycles. The predicted molar refractivity (Wildman–Crippen MR) is 166 cm³/mol. The first-order valence-electron chi connectivity index (χ1n) is 14.4. The highest BCUT2D eigenvalue weighted by Gasteiger charge is 2.49. The molecule has 0 saturated heterocycles. The van der Waals surface area contributed by atoms with Crippen LogP contribution in [0.4, 0.5) is 11.4 Å². The van der Waals surface area contributed by atoms with Gasteiger partial charge >= 0.3 is 5.69 Å². The number of nitro benzene ring substituents is 2. The number of Topliss-reactive ketones (excluding diaryl/α,β-unsaturated/α-hetero) is 2. The number of carbonyl (C=O) groups excluding carboxylic acids is 2. The summed E-state index contributed by atoms with van der Waals surface area (Å²) >= 11 is 3.53.